The SMILES string of the molecule is Cc1cc(C)n(CCc2nc([C@@H]3C[C@H](c4ccccc4)N4CCC[C@@H]34)no2)n1. The van der Waals surface area contributed by atoms with Crippen molar-refractivity contribution in [3.05, 3.63) is 65.1 Å². The molecule has 1 aromatic carbocycles. The van der Waals surface area contributed by atoms with E-state index in [-0.39, 0.29) is 0 Å². The second-order valence-electron chi connectivity index (χ2n) is 8.16. The molecule has 2 aliphatic heterocycles. The average molecular weight is 377 g/mol. The van der Waals surface area contributed by atoms with Crippen LogP contribution in [0.25, 0.3) is 0 Å². The molecule has 0 bridgehead atoms. The minimum Gasteiger partial charge on any atom is -0.339 e. The lowest BCUT2D eigenvalue weighted by atomic mass is 9.94. The van der Waals surface area contributed by atoms with Crippen LogP contribution in [0, 0.1) is 13.8 Å². The summed E-state index contributed by atoms with van der Waals surface area (Å²) >= 11 is 0. The molecule has 6 nitrogen and oxygen atoms in total. The molecule has 2 saturated heterocycles. The van der Waals surface area contributed by atoms with Gasteiger partial charge in [0.2, 0.25) is 5.89 Å². The van der Waals surface area contributed by atoms with Crippen LogP contribution in [0.15, 0.2) is 40.9 Å². The predicted molar refractivity (Wildman–Crippen MR) is 106 cm³/mol. The number of fused-ring (bicyclic) bond motifs is 1. The largest absolute Gasteiger partial charge is 0.339 e. The lowest BCUT2D eigenvalue weighted by molar-refractivity contribution is 0.243. The molecule has 0 amide bonds. The van der Waals surface area contributed by atoms with Crippen LogP contribution in [-0.4, -0.2) is 37.4 Å². The van der Waals surface area contributed by atoms with Gasteiger partial charge in [-0.15, -0.1) is 0 Å². The summed E-state index contributed by atoms with van der Waals surface area (Å²) in [6, 6.07) is 14.0. The molecule has 146 valence electrons. The fourth-order valence-corrected chi connectivity index (χ4v) is 5.07. The highest BCUT2D eigenvalue weighted by Crippen LogP contribution is 2.48. The van der Waals surface area contributed by atoms with E-state index < -0.39 is 0 Å². The summed E-state index contributed by atoms with van der Waals surface area (Å²) in [7, 11) is 0. The van der Waals surface area contributed by atoms with Gasteiger partial charge in [-0.25, -0.2) is 0 Å². The Kier molecular flexibility index (Phi) is 4.51. The van der Waals surface area contributed by atoms with Gasteiger partial charge in [0.1, 0.15) is 0 Å². The lowest BCUT2D eigenvalue weighted by Gasteiger charge is -2.24. The third kappa shape index (κ3) is 3.15. The Balaban J connectivity index is 1.32. The highest BCUT2D eigenvalue weighted by Gasteiger charge is 2.46. The maximum atomic E-state index is 5.61. The number of nitrogens with zero attached hydrogens (tertiary/aromatic N) is 5. The fourth-order valence-electron chi connectivity index (χ4n) is 5.07. The quantitative estimate of drug-likeness (QED) is 0.676. The van der Waals surface area contributed by atoms with Crippen molar-refractivity contribution < 1.29 is 4.52 Å². The maximum Gasteiger partial charge on any atom is 0.228 e. The molecule has 5 rings (SSSR count). The van der Waals surface area contributed by atoms with Gasteiger partial charge in [0, 0.05) is 36.7 Å². The van der Waals surface area contributed by atoms with Crippen LogP contribution in [0.4, 0.5) is 0 Å². The zero-order valence-corrected chi connectivity index (χ0v) is 16.6. The van der Waals surface area contributed by atoms with Crippen molar-refractivity contribution in [3.8, 4) is 0 Å². The molecular formula is C22H27N5O. The van der Waals surface area contributed by atoms with E-state index in [4.69, 9.17) is 9.51 Å². The van der Waals surface area contributed by atoms with E-state index in [1.54, 1.807) is 0 Å². The molecular weight excluding hydrogens is 350 g/mol. The van der Waals surface area contributed by atoms with Gasteiger partial charge in [0.25, 0.3) is 0 Å². The normalized spacial score (nSPS) is 24.7. The summed E-state index contributed by atoms with van der Waals surface area (Å²) in [5.74, 6) is 1.97. The summed E-state index contributed by atoms with van der Waals surface area (Å²) < 4.78 is 7.63. The smallest absolute Gasteiger partial charge is 0.228 e. The number of aryl methyl sites for hydroxylation is 4. The molecule has 0 unspecified atom stereocenters. The predicted octanol–water partition coefficient (Wildman–Crippen LogP) is 3.82. The van der Waals surface area contributed by atoms with Crippen LogP contribution in [-0.2, 0) is 13.0 Å². The number of rotatable bonds is 5. The topological polar surface area (TPSA) is 60.0 Å². The summed E-state index contributed by atoms with van der Waals surface area (Å²) in [6.45, 7) is 6.04. The Hall–Kier alpha value is -2.47. The van der Waals surface area contributed by atoms with E-state index in [9.17, 15) is 0 Å². The fraction of sp³-hybridized carbons (Fsp3) is 0.500. The van der Waals surface area contributed by atoms with Crippen molar-refractivity contribution >= 4 is 0 Å². The van der Waals surface area contributed by atoms with Crippen molar-refractivity contribution in [2.75, 3.05) is 6.54 Å². The Morgan fingerprint density at radius 2 is 2.04 bits per heavy atom. The molecule has 0 N–H and O–H groups in total. The molecule has 28 heavy (non-hydrogen) atoms. The molecule has 2 aliphatic rings. The van der Waals surface area contributed by atoms with Gasteiger partial charge < -0.3 is 4.52 Å². The van der Waals surface area contributed by atoms with Gasteiger partial charge in [-0.1, -0.05) is 35.5 Å². The average Bonchev–Trinajstić information content (AvgIpc) is 3.45. The van der Waals surface area contributed by atoms with Gasteiger partial charge in [-0.2, -0.15) is 10.1 Å². The van der Waals surface area contributed by atoms with Crippen molar-refractivity contribution in [2.24, 2.45) is 0 Å². The number of aromatic nitrogens is 4. The first-order chi connectivity index (χ1) is 13.7. The van der Waals surface area contributed by atoms with Crippen LogP contribution in [0.2, 0.25) is 0 Å². The molecule has 4 heterocycles. The maximum absolute atomic E-state index is 5.61. The van der Waals surface area contributed by atoms with E-state index >= 15 is 0 Å². The van der Waals surface area contributed by atoms with Crippen LogP contribution in [0.5, 0.6) is 0 Å². The summed E-state index contributed by atoms with van der Waals surface area (Å²) in [5, 5.41) is 8.90. The number of hydrogen-bond acceptors (Lipinski definition) is 5. The van der Waals surface area contributed by atoms with Gasteiger partial charge in [-0.3, -0.25) is 9.58 Å². The van der Waals surface area contributed by atoms with Gasteiger partial charge in [0.05, 0.1) is 5.69 Å². The van der Waals surface area contributed by atoms with E-state index in [0.717, 1.165) is 36.8 Å². The van der Waals surface area contributed by atoms with E-state index in [1.807, 2.05) is 11.6 Å². The zero-order chi connectivity index (χ0) is 19.1. The molecule has 0 spiro atoms. The Morgan fingerprint density at radius 3 is 2.82 bits per heavy atom. The molecule has 0 aliphatic carbocycles. The molecule has 0 radical (unpaired) electrons. The van der Waals surface area contributed by atoms with Crippen molar-refractivity contribution in [3.63, 3.8) is 0 Å². The molecule has 3 atom stereocenters. The van der Waals surface area contributed by atoms with E-state index in [0.29, 0.717) is 18.0 Å². The van der Waals surface area contributed by atoms with Gasteiger partial charge in [0.15, 0.2) is 5.82 Å². The Bertz CT molecular complexity index is 947. The first-order valence-electron chi connectivity index (χ1n) is 10.3. The zero-order valence-electron chi connectivity index (χ0n) is 16.6. The van der Waals surface area contributed by atoms with Crippen molar-refractivity contribution in [1.29, 1.82) is 0 Å². The first kappa shape index (κ1) is 17.6. The Morgan fingerprint density at radius 1 is 1.18 bits per heavy atom. The molecule has 2 aromatic heterocycles. The molecule has 6 heteroatoms. The lowest BCUT2D eigenvalue weighted by Crippen LogP contribution is -2.27. The second-order valence-corrected chi connectivity index (χ2v) is 8.16. The summed E-state index contributed by atoms with van der Waals surface area (Å²) in [4.78, 5) is 7.45. The standard InChI is InChI=1S/C22H27N5O/c1-15-13-16(2)27(24-15)12-10-21-23-22(25-28-21)18-14-20(17-7-4-3-5-8-17)26-11-6-9-19(18)26/h3-5,7-8,13,18-20H,6,9-12,14H2,1-2H3/t18-,19+,20-/m1/s1. The highest BCUT2D eigenvalue weighted by molar-refractivity contribution is 5.24. The van der Waals surface area contributed by atoms with Crippen LogP contribution >= 0.6 is 0 Å². The van der Waals surface area contributed by atoms with Gasteiger partial charge >= 0.3 is 0 Å². The number of hydrogen-bond donors (Lipinski definition) is 0. The number of benzene rings is 1. The molecule has 0 saturated carbocycles. The monoisotopic (exact) mass is 377 g/mol. The molecule has 3 aromatic rings. The van der Waals surface area contributed by atoms with E-state index in [1.165, 1.54) is 30.6 Å². The summed E-state index contributed by atoms with van der Waals surface area (Å²) in [5.41, 5.74) is 3.62. The minimum absolute atomic E-state index is 0.360. The third-order valence-electron chi connectivity index (χ3n) is 6.32. The summed E-state index contributed by atoms with van der Waals surface area (Å²) in [6.07, 6.45) is 4.28. The molecule has 2 fully saturated rings. The van der Waals surface area contributed by atoms with Crippen LogP contribution in [0.1, 0.15) is 59.9 Å². The minimum atomic E-state index is 0.360. The van der Waals surface area contributed by atoms with E-state index in [2.05, 4.69) is 58.5 Å². The highest BCUT2D eigenvalue weighted by atomic mass is 16.5. The Labute approximate surface area is 165 Å². The van der Waals surface area contributed by atoms with Crippen LogP contribution in [0.3, 0.4) is 0 Å². The first-order valence-corrected chi connectivity index (χ1v) is 10.3. The van der Waals surface area contributed by atoms with Gasteiger partial charge in [-0.05, 0) is 51.3 Å². The van der Waals surface area contributed by atoms with Crippen molar-refractivity contribution in [1.82, 2.24) is 24.8 Å². The van der Waals surface area contributed by atoms with Crippen LogP contribution < -0.4 is 0 Å². The second kappa shape index (κ2) is 7.17. The van der Waals surface area contributed by atoms with Crippen molar-refractivity contribution in [2.45, 2.75) is 64.1 Å². The third-order valence-corrected chi connectivity index (χ3v) is 6.32.